The summed E-state index contributed by atoms with van der Waals surface area (Å²) in [7, 11) is 3.16. The highest BCUT2D eigenvalue weighted by Gasteiger charge is 2.06. The first-order chi connectivity index (χ1) is 14.1. The van der Waals surface area contributed by atoms with Gasteiger partial charge in [0.2, 0.25) is 0 Å². The van der Waals surface area contributed by atoms with E-state index < -0.39 is 0 Å². The van der Waals surface area contributed by atoms with Gasteiger partial charge in [0.25, 0.3) is 0 Å². The lowest BCUT2D eigenvalue weighted by atomic mass is 10.1. The molecule has 5 heteroatoms. The summed E-state index contributed by atoms with van der Waals surface area (Å²) in [6.45, 7) is 0.253. The third kappa shape index (κ3) is 5.45. The van der Waals surface area contributed by atoms with Crippen molar-refractivity contribution in [2.24, 2.45) is 0 Å². The molecule has 0 aliphatic carbocycles. The van der Waals surface area contributed by atoms with Crippen LogP contribution in [-0.2, 0) is 6.61 Å². The first kappa shape index (κ1) is 20.1. The van der Waals surface area contributed by atoms with Gasteiger partial charge in [0.05, 0.1) is 14.2 Å². The van der Waals surface area contributed by atoms with Gasteiger partial charge in [-0.15, -0.1) is 0 Å². The van der Waals surface area contributed by atoms with Crippen molar-refractivity contribution < 1.29 is 23.4 Å². The number of ether oxygens (including phenoxy) is 3. The predicted molar refractivity (Wildman–Crippen MR) is 110 cm³/mol. The van der Waals surface area contributed by atoms with Crippen LogP contribution in [0.2, 0.25) is 0 Å². The lowest BCUT2D eigenvalue weighted by molar-refractivity contribution is 0.104. The first-order valence-electron chi connectivity index (χ1n) is 9.01. The number of allylic oxidation sites excluding steroid dienone is 1. The zero-order chi connectivity index (χ0) is 20.6. The standard InChI is InChI=1S/C24H21FO4/c1-27-21-9-5-18(6-10-21)23(26)13-3-17-4-14-24(28-2)19(15-17)16-29-22-11-7-20(25)8-12-22/h3-15H,16H2,1-2H3/b13-3+. The van der Waals surface area contributed by atoms with E-state index in [2.05, 4.69) is 0 Å². The Balaban J connectivity index is 1.72. The summed E-state index contributed by atoms with van der Waals surface area (Å²) in [6.07, 6.45) is 3.27. The molecule has 0 bridgehead atoms. The van der Waals surface area contributed by atoms with Crippen LogP contribution in [0, 0.1) is 5.82 Å². The molecule has 0 spiro atoms. The molecule has 0 heterocycles. The third-order valence-corrected chi connectivity index (χ3v) is 4.31. The van der Waals surface area contributed by atoms with E-state index in [-0.39, 0.29) is 18.2 Å². The van der Waals surface area contributed by atoms with Gasteiger partial charge < -0.3 is 14.2 Å². The maximum absolute atomic E-state index is 13.0. The molecular formula is C24H21FO4. The second-order valence-electron chi connectivity index (χ2n) is 6.24. The summed E-state index contributed by atoms with van der Waals surface area (Å²) < 4.78 is 29.2. The van der Waals surface area contributed by atoms with Crippen molar-refractivity contribution in [2.75, 3.05) is 14.2 Å². The van der Waals surface area contributed by atoms with E-state index in [1.54, 1.807) is 56.7 Å². The highest BCUT2D eigenvalue weighted by molar-refractivity contribution is 6.06. The number of halogens is 1. The average Bonchev–Trinajstić information content (AvgIpc) is 2.77. The highest BCUT2D eigenvalue weighted by atomic mass is 19.1. The normalized spacial score (nSPS) is 10.7. The number of hydrogen-bond donors (Lipinski definition) is 0. The summed E-state index contributed by atoms with van der Waals surface area (Å²) in [4.78, 5) is 12.4. The zero-order valence-corrected chi connectivity index (χ0v) is 16.2. The molecule has 0 amide bonds. The third-order valence-electron chi connectivity index (χ3n) is 4.31. The summed E-state index contributed by atoms with van der Waals surface area (Å²) in [6, 6.07) is 18.3. The Hall–Kier alpha value is -3.60. The lowest BCUT2D eigenvalue weighted by Crippen LogP contribution is -1.99. The fraction of sp³-hybridized carbons (Fsp3) is 0.125. The largest absolute Gasteiger partial charge is 0.497 e. The first-order valence-corrected chi connectivity index (χ1v) is 9.01. The summed E-state index contributed by atoms with van der Waals surface area (Å²) in [5.74, 6) is 1.51. The number of benzene rings is 3. The van der Waals surface area contributed by atoms with E-state index in [0.717, 1.165) is 11.1 Å². The fourth-order valence-electron chi connectivity index (χ4n) is 2.73. The van der Waals surface area contributed by atoms with Crippen LogP contribution in [0.1, 0.15) is 21.5 Å². The van der Waals surface area contributed by atoms with Gasteiger partial charge in [-0.05, 0) is 72.3 Å². The van der Waals surface area contributed by atoms with Crippen molar-refractivity contribution >= 4 is 11.9 Å². The Morgan fingerprint density at radius 2 is 1.59 bits per heavy atom. The van der Waals surface area contributed by atoms with Gasteiger partial charge >= 0.3 is 0 Å². The van der Waals surface area contributed by atoms with Crippen LogP contribution >= 0.6 is 0 Å². The maximum Gasteiger partial charge on any atom is 0.185 e. The second-order valence-corrected chi connectivity index (χ2v) is 6.24. The van der Waals surface area contributed by atoms with Gasteiger partial charge in [0.1, 0.15) is 29.7 Å². The molecule has 3 aromatic rings. The van der Waals surface area contributed by atoms with Crippen molar-refractivity contribution in [1.29, 1.82) is 0 Å². The zero-order valence-electron chi connectivity index (χ0n) is 16.2. The number of ketones is 1. The van der Waals surface area contributed by atoms with Crippen LogP contribution in [0.3, 0.4) is 0 Å². The van der Waals surface area contributed by atoms with Gasteiger partial charge in [-0.1, -0.05) is 12.1 Å². The Labute approximate surface area is 169 Å². The molecule has 0 atom stereocenters. The van der Waals surface area contributed by atoms with Gasteiger partial charge in [-0.3, -0.25) is 4.79 Å². The van der Waals surface area contributed by atoms with Crippen molar-refractivity contribution in [1.82, 2.24) is 0 Å². The highest BCUT2D eigenvalue weighted by Crippen LogP contribution is 2.23. The van der Waals surface area contributed by atoms with Crippen LogP contribution in [0.15, 0.2) is 72.8 Å². The van der Waals surface area contributed by atoms with E-state index >= 15 is 0 Å². The number of carbonyl (C=O) groups is 1. The van der Waals surface area contributed by atoms with E-state index in [0.29, 0.717) is 22.8 Å². The Kier molecular flexibility index (Phi) is 6.63. The monoisotopic (exact) mass is 392 g/mol. The van der Waals surface area contributed by atoms with Gasteiger partial charge in [0, 0.05) is 11.1 Å². The molecule has 3 aromatic carbocycles. The number of rotatable bonds is 8. The van der Waals surface area contributed by atoms with Crippen LogP contribution in [0.25, 0.3) is 6.08 Å². The molecule has 4 nitrogen and oxygen atoms in total. The predicted octanol–water partition coefficient (Wildman–Crippen LogP) is 5.32. The quantitative estimate of drug-likeness (QED) is 0.385. The van der Waals surface area contributed by atoms with E-state index in [1.165, 1.54) is 18.2 Å². The molecule has 0 aromatic heterocycles. The minimum absolute atomic E-state index is 0.104. The molecule has 0 saturated carbocycles. The fourth-order valence-corrected chi connectivity index (χ4v) is 2.73. The molecule has 0 aliphatic rings. The smallest absolute Gasteiger partial charge is 0.185 e. The Bertz CT molecular complexity index is 992. The SMILES string of the molecule is COc1ccc(C(=O)/C=C/c2ccc(OC)c(COc3ccc(F)cc3)c2)cc1. The molecular weight excluding hydrogens is 371 g/mol. The van der Waals surface area contributed by atoms with Crippen LogP contribution in [0.5, 0.6) is 17.2 Å². The van der Waals surface area contributed by atoms with Crippen molar-refractivity contribution in [3.8, 4) is 17.2 Å². The average molecular weight is 392 g/mol. The molecule has 29 heavy (non-hydrogen) atoms. The number of methoxy groups -OCH3 is 2. The molecule has 0 N–H and O–H groups in total. The van der Waals surface area contributed by atoms with Crippen LogP contribution in [-0.4, -0.2) is 20.0 Å². The minimum atomic E-state index is -0.316. The van der Waals surface area contributed by atoms with Crippen molar-refractivity contribution in [2.45, 2.75) is 6.61 Å². The van der Waals surface area contributed by atoms with Crippen molar-refractivity contribution in [3.63, 3.8) is 0 Å². The molecule has 0 aliphatic heterocycles. The molecule has 0 radical (unpaired) electrons. The Morgan fingerprint density at radius 1 is 0.897 bits per heavy atom. The lowest BCUT2D eigenvalue weighted by Gasteiger charge is -2.11. The summed E-state index contributed by atoms with van der Waals surface area (Å²) >= 11 is 0. The van der Waals surface area contributed by atoms with E-state index in [1.807, 2.05) is 18.2 Å². The molecule has 0 saturated heterocycles. The van der Waals surface area contributed by atoms with Gasteiger partial charge in [0.15, 0.2) is 5.78 Å². The second kappa shape index (κ2) is 9.55. The minimum Gasteiger partial charge on any atom is -0.497 e. The van der Waals surface area contributed by atoms with E-state index in [9.17, 15) is 9.18 Å². The molecule has 3 rings (SSSR count). The Morgan fingerprint density at radius 3 is 2.24 bits per heavy atom. The van der Waals surface area contributed by atoms with Gasteiger partial charge in [-0.25, -0.2) is 4.39 Å². The topological polar surface area (TPSA) is 44.8 Å². The maximum atomic E-state index is 13.0. The van der Waals surface area contributed by atoms with E-state index in [4.69, 9.17) is 14.2 Å². The van der Waals surface area contributed by atoms with Crippen LogP contribution < -0.4 is 14.2 Å². The molecule has 0 unspecified atom stereocenters. The summed E-state index contributed by atoms with van der Waals surface area (Å²) in [5.41, 5.74) is 2.23. The van der Waals surface area contributed by atoms with Gasteiger partial charge in [-0.2, -0.15) is 0 Å². The number of hydrogen-bond acceptors (Lipinski definition) is 4. The van der Waals surface area contributed by atoms with Crippen LogP contribution in [0.4, 0.5) is 4.39 Å². The molecule has 148 valence electrons. The molecule has 0 fully saturated rings. The van der Waals surface area contributed by atoms with Crippen molar-refractivity contribution in [3.05, 3.63) is 95.3 Å². The number of carbonyl (C=O) groups excluding carboxylic acids is 1. The summed E-state index contributed by atoms with van der Waals surface area (Å²) in [5, 5.41) is 0.